The Hall–Kier alpha value is -2.28. The molecule has 316 valence electrons. The van der Waals surface area contributed by atoms with E-state index in [1.54, 1.807) is 0 Å². The molecule has 2 aliphatic heterocycles. The third kappa shape index (κ3) is 5.78. The van der Waals surface area contributed by atoms with E-state index in [0.29, 0.717) is 23.7 Å². The molecule has 0 unspecified atom stereocenters. The molecule has 0 aromatic rings. The van der Waals surface area contributed by atoms with Crippen LogP contribution in [0, 0.1) is 50.7 Å². The second-order valence-corrected chi connectivity index (χ2v) is 20.5. The number of fused-ring (bicyclic) bond motifs is 5. The zero-order chi connectivity index (χ0) is 41.0. The molecule has 1 spiro atoms. The van der Waals surface area contributed by atoms with Crippen molar-refractivity contribution >= 4 is 23.9 Å². The minimum atomic E-state index is -1.27. The van der Waals surface area contributed by atoms with Crippen molar-refractivity contribution in [2.24, 2.45) is 50.7 Å². The lowest BCUT2D eigenvalue weighted by Crippen LogP contribution is -2.69. The summed E-state index contributed by atoms with van der Waals surface area (Å²) in [5, 5.41) is 11.0. The maximum atomic E-state index is 12.6. The van der Waals surface area contributed by atoms with Gasteiger partial charge >= 0.3 is 23.9 Å². The molecule has 56 heavy (non-hydrogen) atoms. The highest BCUT2D eigenvalue weighted by atomic mass is 16.7. The summed E-state index contributed by atoms with van der Waals surface area (Å²) in [4.78, 5) is 49.2. The van der Waals surface area contributed by atoms with Gasteiger partial charge in [-0.2, -0.15) is 0 Å². The Kier molecular flexibility index (Phi) is 10.4. The van der Waals surface area contributed by atoms with Gasteiger partial charge in [0.05, 0.1) is 12.7 Å². The lowest BCUT2D eigenvalue weighted by atomic mass is 9.32. The summed E-state index contributed by atoms with van der Waals surface area (Å²) in [5.41, 5.74) is -0.633. The smallest absolute Gasteiger partial charge is 0.303 e. The first-order valence-corrected chi connectivity index (χ1v) is 21.4. The van der Waals surface area contributed by atoms with Crippen molar-refractivity contribution in [3.8, 4) is 0 Å². The number of carbonyl (C=O) groups is 4. The van der Waals surface area contributed by atoms with Gasteiger partial charge < -0.3 is 38.3 Å². The lowest BCUT2D eigenvalue weighted by molar-refractivity contribution is -0.335. The topological polar surface area (TPSA) is 156 Å². The molecular formula is C44H68O12. The van der Waals surface area contributed by atoms with Gasteiger partial charge in [-0.1, -0.05) is 48.5 Å². The third-order valence-electron chi connectivity index (χ3n) is 17.6. The number of epoxide rings is 1. The van der Waals surface area contributed by atoms with Crippen LogP contribution >= 0.6 is 0 Å². The van der Waals surface area contributed by atoms with Gasteiger partial charge in [-0.25, -0.2) is 0 Å². The maximum absolute atomic E-state index is 12.6. The van der Waals surface area contributed by atoms with E-state index in [1.807, 2.05) is 0 Å². The predicted octanol–water partition coefficient (Wildman–Crippen LogP) is 6.46. The monoisotopic (exact) mass is 788 g/mol. The normalized spacial score (nSPS) is 48.6. The molecule has 0 aromatic heterocycles. The fourth-order valence-electron chi connectivity index (χ4n) is 15.0. The Labute approximate surface area is 333 Å². The molecule has 12 heteroatoms. The highest BCUT2D eigenvalue weighted by Crippen LogP contribution is 2.85. The van der Waals surface area contributed by atoms with E-state index in [0.717, 1.165) is 64.2 Å². The lowest BCUT2D eigenvalue weighted by Gasteiger charge is -2.72. The first-order chi connectivity index (χ1) is 26.1. The molecule has 1 N–H and O–H groups in total. The minimum absolute atomic E-state index is 0.0318. The van der Waals surface area contributed by atoms with Crippen molar-refractivity contribution in [2.45, 2.75) is 188 Å². The molecule has 2 saturated heterocycles. The average Bonchev–Trinajstić information content (AvgIpc) is 3.69. The summed E-state index contributed by atoms with van der Waals surface area (Å²) in [7, 11) is 0. The predicted molar refractivity (Wildman–Crippen MR) is 202 cm³/mol. The van der Waals surface area contributed by atoms with Crippen LogP contribution < -0.4 is 0 Å². The van der Waals surface area contributed by atoms with Crippen LogP contribution in [-0.2, 0) is 52.3 Å². The Bertz CT molecular complexity index is 1590. The first-order valence-electron chi connectivity index (χ1n) is 21.4. The third-order valence-corrected chi connectivity index (χ3v) is 17.6. The molecule has 0 aromatic carbocycles. The first kappa shape index (κ1) is 41.9. The molecule has 0 bridgehead atoms. The minimum Gasteiger partial charge on any atom is -0.463 e. The van der Waals surface area contributed by atoms with Crippen LogP contribution in [0.4, 0.5) is 0 Å². The number of aliphatic hydroxyl groups excluding tert-OH is 1. The van der Waals surface area contributed by atoms with Gasteiger partial charge in [0.15, 0.2) is 24.6 Å². The Balaban J connectivity index is 1.17. The molecule has 5 aliphatic carbocycles. The number of hydrogen-bond acceptors (Lipinski definition) is 12. The quantitative estimate of drug-likeness (QED) is 0.118. The highest BCUT2D eigenvalue weighted by molar-refractivity contribution is 5.68. The molecule has 7 aliphatic rings. The van der Waals surface area contributed by atoms with Gasteiger partial charge in [0.2, 0.25) is 0 Å². The molecule has 7 fully saturated rings. The van der Waals surface area contributed by atoms with Crippen LogP contribution in [0.5, 0.6) is 0 Å². The Morgan fingerprint density at radius 1 is 0.679 bits per heavy atom. The van der Waals surface area contributed by atoms with Gasteiger partial charge in [-0.05, 0) is 110 Å². The molecule has 7 rings (SSSR count). The van der Waals surface area contributed by atoms with Crippen molar-refractivity contribution in [3.63, 3.8) is 0 Å². The van der Waals surface area contributed by atoms with Crippen molar-refractivity contribution in [3.05, 3.63) is 0 Å². The zero-order valence-electron chi connectivity index (χ0n) is 35.7. The van der Waals surface area contributed by atoms with Crippen LogP contribution in [0.15, 0.2) is 0 Å². The summed E-state index contributed by atoms with van der Waals surface area (Å²) in [5.74, 6) is -0.915. The van der Waals surface area contributed by atoms with E-state index >= 15 is 0 Å². The second-order valence-electron chi connectivity index (χ2n) is 20.5. The van der Waals surface area contributed by atoms with Crippen LogP contribution in [0.2, 0.25) is 0 Å². The summed E-state index contributed by atoms with van der Waals surface area (Å²) in [6.45, 7) is 21.8. The largest absolute Gasteiger partial charge is 0.463 e. The number of aliphatic hydroxyl groups is 1. The zero-order valence-corrected chi connectivity index (χ0v) is 35.7. The number of esters is 4. The van der Waals surface area contributed by atoms with E-state index in [4.69, 9.17) is 33.2 Å². The van der Waals surface area contributed by atoms with Crippen molar-refractivity contribution in [2.75, 3.05) is 13.2 Å². The number of carbonyl (C=O) groups excluding carboxylic acids is 4. The summed E-state index contributed by atoms with van der Waals surface area (Å²) in [6, 6.07) is 0. The van der Waals surface area contributed by atoms with Crippen molar-refractivity contribution in [1.29, 1.82) is 0 Å². The van der Waals surface area contributed by atoms with Crippen LogP contribution in [-0.4, -0.2) is 90.2 Å². The van der Waals surface area contributed by atoms with Gasteiger partial charge in [0, 0.05) is 33.1 Å². The van der Waals surface area contributed by atoms with Gasteiger partial charge in [0.1, 0.15) is 23.9 Å². The van der Waals surface area contributed by atoms with Crippen LogP contribution in [0.1, 0.15) is 140 Å². The summed E-state index contributed by atoms with van der Waals surface area (Å²) >= 11 is 0. The molecule has 15 atom stereocenters. The van der Waals surface area contributed by atoms with E-state index < -0.39 is 54.6 Å². The average molecular weight is 789 g/mol. The SMILES string of the molecule is CC(=O)OC[C@H]1O[C@@H](O[C@H]2CC[C@]3(C)[C@H]4CC[C@@H]5[C@]67O[C@@]6(C(C)C)CC[C@]7(CO)CC[C@@]5(C)[C@]4(C)CC[C@H]3C2(C)C)[C@H](OC(C)=O)[C@@H](OC(C)=O)[C@@H]1OC(C)=O. The fourth-order valence-corrected chi connectivity index (χ4v) is 15.0. The molecule has 0 amide bonds. The highest BCUT2D eigenvalue weighted by Gasteiger charge is 2.89. The number of rotatable bonds is 9. The van der Waals surface area contributed by atoms with Crippen LogP contribution in [0.3, 0.4) is 0 Å². The van der Waals surface area contributed by atoms with E-state index in [-0.39, 0.29) is 57.6 Å². The van der Waals surface area contributed by atoms with Gasteiger partial charge in [-0.3, -0.25) is 19.2 Å². The standard InChI is InChI=1S/C44H68O12/c1-24(2)43-21-20-42(23-45)19-18-41(11)32(44(42,43)56-43)13-12-31-39(9)16-15-33(38(7,8)30(39)14-17-40(31,41)10)55-37-36(53-28(6)49)35(52-27(5)48)34(51-26(4)47)29(54-37)22-50-25(3)46/h24,29-37,45H,12-23H2,1-11H3/t29-,30+,31-,32+,33+,34-,35+,36-,37+,39+,40-,41-,42+,43-,44-/m1/s1. The summed E-state index contributed by atoms with van der Waals surface area (Å²) in [6.07, 6.45) is 3.95. The molecular weight excluding hydrogens is 720 g/mol. The number of hydrogen-bond donors (Lipinski definition) is 1. The molecule has 12 nitrogen and oxygen atoms in total. The Morgan fingerprint density at radius 2 is 1.27 bits per heavy atom. The Morgan fingerprint density at radius 3 is 1.86 bits per heavy atom. The van der Waals surface area contributed by atoms with E-state index in [2.05, 4.69) is 48.5 Å². The molecule has 2 heterocycles. The summed E-state index contributed by atoms with van der Waals surface area (Å²) < 4.78 is 42.9. The second kappa shape index (κ2) is 13.9. The molecule has 0 radical (unpaired) electrons. The maximum Gasteiger partial charge on any atom is 0.303 e. The van der Waals surface area contributed by atoms with E-state index in [1.165, 1.54) is 27.7 Å². The van der Waals surface area contributed by atoms with Gasteiger partial charge in [-0.15, -0.1) is 0 Å². The van der Waals surface area contributed by atoms with E-state index in [9.17, 15) is 24.3 Å². The van der Waals surface area contributed by atoms with Crippen molar-refractivity contribution in [1.82, 2.24) is 0 Å². The number of ether oxygens (including phenoxy) is 7. The van der Waals surface area contributed by atoms with Crippen LogP contribution in [0.25, 0.3) is 0 Å². The van der Waals surface area contributed by atoms with Gasteiger partial charge in [0.25, 0.3) is 0 Å². The van der Waals surface area contributed by atoms with Crippen molar-refractivity contribution < 1.29 is 57.4 Å². The fraction of sp³-hybridized carbons (Fsp3) is 0.909. The molecule has 5 saturated carbocycles.